The van der Waals surface area contributed by atoms with Crippen LogP contribution < -0.4 is 5.32 Å². The highest BCUT2D eigenvalue weighted by Crippen LogP contribution is 2.21. The van der Waals surface area contributed by atoms with Crippen LogP contribution >= 0.6 is 11.6 Å². The first kappa shape index (κ1) is 13.0. The van der Waals surface area contributed by atoms with E-state index in [1.807, 2.05) is 14.0 Å². The Kier molecular flexibility index (Phi) is 3.62. The molecule has 96 valence electrons. The van der Waals surface area contributed by atoms with Gasteiger partial charge in [-0.25, -0.2) is 0 Å². The molecule has 0 saturated heterocycles. The Morgan fingerprint density at radius 2 is 1.78 bits per heavy atom. The lowest BCUT2D eigenvalue weighted by Crippen LogP contribution is -2.01. The third-order valence-electron chi connectivity index (χ3n) is 2.96. The summed E-state index contributed by atoms with van der Waals surface area (Å²) in [6, 6.07) is 6.42. The van der Waals surface area contributed by atoms with E-state index in [-0.39, 0.29) is 0 Å². The maximum atomic E-state index is 6.20. The van der Waals surface area contributed by atoms with Gasteiger partial charge in [0, 0.05) is 24.8 Å². The van der Waals surface area contributed by atoms with Crippen LogP contribution in [0.4, 0.5) is 5.69 Å². The Morgan fingerprint density at radius 1 is 1.17 bits per heavy atom. The van der Waals surface area contributed by atoms with E-state index in [4.69, 9.17) is 11.6 Å². The third-order valence-corrected chi connectivity index (χ3v) is 3.43. The Hall–Kier alpha value is -1.48. The van der Waals surface area contributed by atoms with Crippen molar-refractivity contribution in [3.05, 3.63) is 45.7 Å². The van der Waals surface area contributed by atoms with Gasteiger partial charge in [0.2, 0.25) is 0 Å². The van der Waals surface area contributed by atoms with Gasteiger partial charge in [-0.05, 0) is 44.0 Å². The van der Waals surface area contributed by atoms with Gasteiger partial charge in [0.15, 0.2) is 0 Å². The normalized spacial score (nSPS) is 10.7. The van der Waals surface area contributed by atoms with Crippen LogP contribution in [0, 0.1) is 20.8 Å². The van der Waals surface area contributed by atoms with E-state index in [9.17, 15) is 0 Å². The van der Waals surface area contributed by atoms with E-state index < -0.39 is 0 Å². The first-order valence-corrected chi connectivity index (χ1v) is 6.35. The second-order valence-electron chi connectivity index (χ2n) is 4.71. The van der Waals surface area contributed by atoms with Crippen molar-refractivity contribution in [1.29, 1.82) is 0 Å². The monoisotopic (exact) mass is 263 g/mol. The van der Waals surface area contributed by atoms with Crippen molar-refractivity contribution in [2.45, 2.75) is 27.3 Å². The predicted molar refractivity (Wildman–Crippen MR) is 76.2 cm³/mol. The fraction of sp³-hybridized carbons (Fsp3) is 0.357. The fourth-order valence-corrected chi connectivity index (χ4v) is 2.38. The van der Waals surface area contributed by atoms with Crippen molar-refractivity contribution in [2.24, 2.45) is 7.05 Å². The lowest BCUT2D eigenvalue weighted by Gasteiger charge is -2.08. The van der Waals surface area contributed by atoms with Crippen LogP contribution in [0.1, 0.15) is 22.4 Å². The van der Waals surface area contributed by atoms with Crippen molar-refractivity contribution in [2.75, 3.05) is 5.32 Å². The van der Waals surface area contributed by atoms with Crippen LogP contribution in [0.5, 0.6) is 0 Å². The first-order valence-electron chi connectivity index (χ1n) is 5.97. The predicted octanol–water partition coefficient (Wildman–Crippen LogP) is 3.61. The van der Waals surface area contributed by atoms with Gasteiger partial charge < -0.3 is 5.32 Å². The molecule has 0 aliphatic carbocycles. The summed E-state index contributed by atoms with van der Waals surface area (Å²) in [5.41, 5.74) is 5.66. The van der Waals surface area contributed by atoms with Crippen molar-refractivity contribution in [3.63, 3.8) is 0 Å². The summed E-state index contributed by atoms with van der Waals surface area (Å²) in [5.74, 6) is 0. The van der Waals surface area contributed by atoms with Gasteiger partial charge in [-0.1, -0.05) is 17.7 Å². The molecule has 4 heteroatoms. The van der Waals surface area contributed by atoms with Gasteiger partial charge in [-0.3, -0.25) is 4.68 Å². The molecule has 0 unspecified atom stereocenters. The van der Waals surface area contributed by atoms with Gasteiger partial charge in [-0.2, -0.15) is 5.10 Å². The van der Waals surface area contributed by atoms with Crippen molar-refractivity contribution in [1.82, 2.24) is 9.78 Å². The topological polar surface area (TPSA) is 29.9 Å². The number of hydrogen-bond donors (Lipinski definition) is 1. The molecule has 1 aromatic carbocycles. The second-order valence-corrected chi connectivity index (χ2v) is 5.07. The van der Waals surface area contributed by atoms with E-state index in [0.29, 0.717) is 11.7 Å². The molecule has 0 amide bonds. The Bertz CT molecular complexity index is 552. The number of benzene rings is 1. The average Bonchev–Trinajstić information content (AvgIpc) is 2.50. The van der Waals surface area contributed by atoms with Crippen LogP contribution in [0.3, 0.4) is 0 Å². The van der Waals surface area contributed by atoms with Crippen LogP contribution in [0.2, 0.25) is 5.15 Å². The summed E-state index contributed by atoms with van der Waals surface area (Å²) in [6.07, 6.45) is 0. The molecule has 1 N–H and O–H groups in total. The maximum absolute atomic E-state index is 6.20. The second kappa shape index (κ2) is 5.02. The highest BCUT2D eigenvalue weighted by Gasteiger charge is 2.10. The highest BCUT2D eigenvalue weighted by atomic mass is 35.5. The number of hydrogen-bond acceptors (Lipinski definition) is 2. The quantitative estimate of drug-likeness (QED) is 0.917. The minimum absolute atomic E-state index is 0.696. The molecule has 3 nitrogen and oxygen atoms in total. The van der Waals surface area contributed by atoms with Crippen LogP contribution in [0.15, 0.2) is 18.2 Å². The van der Waals surface area contributed by atoms with Crippen molar-refractivity contribution < 1.29 is 0 Å². The molecule has 2 aromatic rings. The Morgan fingerprint density at radius 3 is 2.28 bits per heavy atom. The molecule has 1 heterocycles. The van der Waals surface area contributed by atoms with Gasteiger partial charge in [0.1, 0.15) is 5.15 Å². The summed E-state index contributed by atoms with van der Waals surface area (Å²) in [5, 5.41) is 8.40. The van der Waals surface area contributed by atoms with E-state index in [0.717, 1.165) is 16.9 Å². The average molecular weight is 264 g/mol. The molecular formula is C14H18ClN3. The molecule has 0 saturated carbocycles. The number of halogens is 1. The number of aryl methyl sites for hydroxylation is 4. The summed E-state index contributed by atoms with van der Waals surface area (Å²) in [4.78, 5) is 0. The van der Waals surface area contributed by atoms with Crippen molar-refractivity contribution in [3.8, 4) is 0 Å². The zero-order valence-corrected chi connectivity index (χ0v) is 12.0. The third kappa shape index (κ3) is 2.67. The molecule has 2 rings (SSSR count). The van der Waals surface area contributed by atoms with E-state index in [1.54, 1.807) is 4.68 Å². The molecule has 0 aliphatic rings. The number of anilines is 1. The summed E-state index contributed by atoms with van der Waals surface area (Å²) < 4.78 is 1.70. The molecule has 1 aromatic heterocycles. The van der Waals surface area contributed by atoms with E-state index in [1.165, 1.54) is 11.1 Å². The number of nitrogens with one attached hydrogen (secondary N) is 1. The standard InChI is InChI=1S/C14H18ClN3/c1-9-5-10(2)7-12(6-9)16-8-13-11(3)17-18(4)14(13)15/h5-7,16H,8H2,1-4H3. The Balaban J connectivity index is 2.16. The summed E-state index contributed by atoms with van der Waals surface area (Å²) in [7, 11) is 1.86. The minimum Gasteiger partial charge on any atom is -0.381 e. The molecule has 18 heavy (non-hydrogen) atoms. The van der Waals surface area contributed by atoms with E-state index in [2.05, 4.69) is 42.5 Å². The lowest BCUT2D eigenvalue weighted by molar-refractivity contribution is 0.757. The van der Waals surface area contributed by atoms with Crippen LogP contribution in [0.25, 0.3) is 0 Å². The molecule has 0 fully saturated rings. The molecule has 0 radical (unpaired) electrons. The fourth-order valence-electron chi connectivity index (χ4n) is 2.14. The van der Waals surface area contributed by atoms with Gasteiger partial charge in [0.05, 0.1) is 5.69 Å². The molecular weight excluding hydrogens is 246 g/mol. The SMILES string of the molecule is Cc1cc(C)cc(NCc2c(C)nn(C)c2Cl)c1. The number of nitrogens with zero attached hydrogens (tertiary/aromatic N) is 2. The number of rotatable bonds is 3. The smallest absolute Gasteiger partial charge is 0.131 e. The molecule has 0 bridgehead atoms. The zero-order valence-electron chi connectivity index (χ0n) is 11.2. The maximum Gasteiger partial charge on any atom is 0.131 e. The lowest BCUT2D eigenvalue weighted by atomic mass is 10.1. The molecule has 0 atom stereocenters. The highest BCUT2D eigenvalue weighted by molar-refractivity contribution is 6.30. The van der Waals surface area contributed by atoms with Crippen LogP contribution in [-0.4, -0.2) is 9.78 Å². The van der Waals surface area contributed by atoms with Crippen LogP contribution in [-0.2, 0) is 13.6 Å². The Labute approximate surface area is 113 Å². The first-order chi connectivity index (χ1) is 8.47. The van der Waals surface area contributed by atoms with Gasteiger partial charge in [0.25, 0.3) is 0 Å². The van der Waals surface area contributed by atoms with E-state index >= 15 is 0 Å². The van der Waals surface area contributed by atoms with Crippen molar-refractivity contribution >= 4 is 17.3 Å². The minimum atomic E-state index is 0.696. The largest absolute Gasteiger partial charge is 0.381 e. The molecule has 0 aliphatic heterocycles. The summed E-state index contributed by atoms with van der Waals surface area (Å²) >= 11 is 6.20. The number of aromatic nitrogens is 2. The molecule has 0 spiro atoms. The summed E-state index contributed by atoms with van der Waals surface area (Å²) in [6.45, 7) is 6.87. The zero-order chi connectivity index (χ0) is 13.3. The van der Waals surface area contributed by atoms with Gasteiger partial charge in [-0.15, -0.1) is 0 Å². The van der Waals surface area contributed by atoms with Gasteiger partial charge >= 0.3 is 0 Å².